The fraction of sp³-hybridized carbons (Fsp3) is 0.364. The van der Waals surface area contributed by atoms with E-state index in [2.05, 4.69) is 15.9 Å². The second-order valence-corrected chi connectivity index (χ2v) is 4.39. The van der Waals surface area contributed by atoms with Crippen molar-refractivity contribution < 1.29 is 4.79 Å². The second kappa shape index (κ2) is 3.39. The first-order chi connectivity index (χ1) is 6.66. The van der Waals surface area contributed by atoms with Gasteiger partial charge in [0.1, 0.15) is 0 Å². The van der Waals surface area contributed by atoms with Crippen LogP contribution in [0.25, 0.3) is 0 Å². The van der Waals surface area contributed by atoms with Crippen LogP contribution in [-0.4, -0.2) is 13.0 Å². The van der Waals surface area contributed by atoms with Crippen LogP contribution in [0.2, 0.25) is 0 Å². The van der Waals surface area contributed by atoms with Gasteiger partial charge in [0.2, 0.25) is 5.91 Å². The van der Waals surface area contributed by atoms with Crippen molar-refractivity contribution in [3.8, 4) is 0 Å². The van der Waals surface area contributed by atoms with Gasteiger partial charge in [-0.1, -0.05) is 28.9 Å². The molecule has 0 radical (unpaired) electrons. The summed E-state index contributed by atoms with van der Waals surface area (Å²) < 4.78 is 1.04. The Kier molecular flexibility index (Phi) is 2.35. The normalized spacial score (nSPS) is 20.1. The molecule has 1 aromatic rings. The van der Waals surface area contributed by atoms with Gasteiger partial charge < -0.3 is 4.90 Å². The summed E-state index contributed by atoms with van der Waals surface area (Å²) in [6.07, 6.45) is 0.860. The SMILES string of the molecule is CCC1C(=O)N(C)c2cccc(Br)c21. The van der Waals surface area contributed by atoms with Crippen molar-refractivity contribution in [3.63, 3.8) is 0 Å². The Morgan fingerprint density at radius 2 is 2.21 bits per heavy atom. The second-order valence-electron chi connectivity index (χ2n) is 3.53. The summed E-state index contributed by atoms with van der Waals surface area (Å²) in [7, 11) is 1.84. The zero-order valence-electron chi connectivity index (χ0n) is 8.25. The van der Waals surface area contributed by atoms with Crippen molar-refractivity contribution in [2.45, 2.75) is 19.3 Å². The fourth-order valence-electron chi connectivity index (χ4n) is 2.02. The van der Waals surface area contributed by atoms with Crippen LogP contribution in [0.4, 0.5) is 5.69 Å². The van der Waals surface area contributed by atoms with Crippen LogP contribution in [0.1, 0.15) is 24.8 Å². The number of carbonyl (C=O) groups excluding carboxylic acids is 1. The zero-order valence-corrected chi connectivity index (χ0v) is 9.84. The Morgan fingerprint density at radius 3 is 2.86 bits per heavy atom. The first kappa shape index (κ1) is 9.71. The third kappa shape index (κ3) is 1.19. The molecule has 2 rings (SSSR count). The van der Waals surface area contributed by atoms with Gasteiger partial charge in [-0.25, -0.2) is 0 Å². The summed E-state index contributed by atoms with van der Waals surface area (Å²) in [6, 6.07) is 5.95. The minimum absolute atomic E-state index is 0.0329. The van der Waals surface area contributed by atoms with E-state index in [-0.39, 0.29) is 11.8 Å². The molecule has 1 aliphatic heterocycles. The Bertz CT molecular complexity index is 389. The summed E-state index contributed by atoms with van der Waals surface area (Å²) >= 11 is 3.50. The number of hydrogen-bond acceptors (Lipinski definition) is 1. The quantitative estimate of drug-likeness (QED) is 0.754. The lowest BCUT2D eigenvalue weighted by molar-refractivity contribution is -0.119. The van der Waals surface area contributed by atoms with Crippen molar-refractivity contribution in [2.75, 3.05) is 11.9 Å². The average molecular weight is 254 g/mol. The first-order valence-electron chi connectivity index (χ1n) is 4.72. The summed E-state index contributed by atoms with van der Waals surface area (Å²) in [6.45, 7) is 2.05. The van der Waals surface area contributed by atoms with E-state index < -0.39 is 0 Å². The number of amides is 1. The molecule has 0 bridgehead atoms. The van der Waals surface area contributed by atoms with E-state index in [1.54, 1.807) is 4.90 Å². The number of anilines is 1. The summed E-state index contributed by atoms with van der Waals surface area (Å²) in [5.41, 5.74) is 2.18. The lowest BCUT2D eigenvalue weighted by atomic mass is 9.98. The summed E-state index contributed by atoms with van der Waals surface area (Å²) in [5.74, 6) is 0.236. The largest absolute Gasteiger partial charge is 0.315 e. The van der Waals surface area contributed by atoms with Gasteiger partial charge in [-0.05, 0) is 18.6 Å². The van der Waals surface area contributed by atoms with Gasteiger partial charge in [0.25, 0.3) is 0 Å². The average Bonchev–Trinajstić information content (AvgIpc) is 2.43. The van der Waals surface area contributed by atoms with Crippen LogP contribution in [0, 0.1) is 0 Å². The lowest BCUT2D eigenvalue weighted by Crippen LogP contribution is -2.23. The lowest BCUT2D eigenvalue weighted by Gasteiger charge is -2.09. The maximum atomic E-state index is 11.9. The highest BCUT2D eigenvalue weighted by Gasteiger charge is 2.34. The van der Waals surface area contributed by atoms with E-state index in [1.807, 2.05) is 32.2 Å². The van der Waals surface area contributed by atoms with E-state index in [4.69, 9.17) is 0 Å². The molecular weight excluding hydrogens is 242 g/mol. The van der Waals surface area contributed by atoms with E-state index >= 15 is 0 Å². The molecule has 0 aliphatic carbocycles. The minimum atomic E-state index is 0.0329. The molecule has 74 valence electrons. The van der Waals surface area contributed by atoms with Crippen molar-refractivity contribution in [1.29, 1.82) is 0 Å². The van der Waals surface area contributed by atoms with Crippen molar-refractivity contribution in [2.24, 2.45) is 0 Å². The molecule has 14 heavy (non-hydrogen) atoms. The molecule has 0 spiro atoms. The summed E-state index contributed by atoms with van der Waals surface area (Å²) in [5, 5.41) is 0. The Balaban J connectivity index is 2.62. The maximum absolute atomic E-state index is 11.9. The van der Waals surface area contributed by atoms with Gasteiger partial charge in [-0.3, -0.25) is 4.79 Å². The van der Waals surface area contributed by atoms with E-state index in [0.29, 0.717) is 0 Å². The van der Waals surface area contributed by atoms with Gasteiger partial charge in [0, 0.05) is 22.8 Å². The highest BCUT2D eigenvalue weighted by Crippen LogP contribution is 2.42. The topological polar surface area (TPSA) is 20.3 Å². The van der Waals surface area contributed by atoms with Gasteiger partial charge in [-0.2, -0.15) is 0 Å². The Hall–Kier alpha value is -0.830. The molecule has 0 saturated carbocycles. The molecule has 1 heterocycles. The predicted molar refractivity (Wildman–Crippen MR) is 60.6 cm³/mol. The molecule has 0 N–H and O–H groups in total. The fourth-order valence-corrected chi connectivity index (χ4v) is 2.65. The van der Waals surface area contributed by atoms with Gasteiger partial charge in [0.05, 0.1) is 5.92 Å². The molecule has 3 heteroatoms. The maximum Gasteiger partial charge on any atom is 0.234 e. The van der Waals surface area contributed by atoms with Crippen LogP contribution in [0.3, 0.4) is 0 Å². The molecule has 0 saturated heterocycles. The van der Waals surface area contributed by atoms with Gasteiger partial charge >= 0.3 is 0 Å². The van der Waals surface area contributed by atoms with Crippen LogP contribution in [-0.2, 0) is 4.79 Å². The Morgan fingerprint density at radius 1 is 1.50 bits per heavy atom. The highest BCUT2D eigenvalue weighted by atomic mass is 79.9. The van der Waals surface area contributed by atoms with E-state index in [1.165, 1.54) is 0 Å². The number of nitrogens with zero attached hydrogens (tertiary/aromatic N) is 1. The van der Waals surface area contributed by atoms with Crippen LogP contribution < -0.4 is 4.90 Å². The van der Waals surface area contributed by atoms with E-state index in [9.17, 15) is 4.79 Å². The van der Waals surface area contributed by atoms with Crippen LogP contribution in [0.5, 0.6) is 0 Å². The van der Waals surface area contributed by atoms with Crippen molar-refractivity contribution >= 4 is 27.5 Å². The molecule has 0 fully saturated rings. The van der Waals surface area contributed by atoms with Crippen molar-refractivity contribution in [1.82, 2.24) is 0 Å². The number of halogens is 1. The number of likely N-dealkylation sites (N-methyl/N-ethyl adjacent to an activating group) is 1. The molecule has 1 aliphatic rings. The smallest absolute Gasteiger partial charge is 0.234 e. The third-order valence-corrected chi connectivity index (χ3v) is 3.47. The molecule has 1 unspecified atom stereocenters. The van der Waals surface area contributed by atoms with Crippen LogP contribution >= 0.6 is 15.9 Å². The van der Waals surface area contributed by atoms with E-state index in [0.717, 1.165) is 22.1 Å². The third-order valence-electron chi connectivity index (χ3n) is 2.78. The monoisotopic (exact) mass is 253 g/mol. The number of benzene rings is 1. The Labute approximate surface area is 92.0 Å². The summed E-state index contributed by atoms with van der Waals surface area (Å²) in [4.78, 5) is 13.6. The molecule has 1 aromatic carbocycles. The number of carbonyl (C=O) groups is 1. The molecule has 1 atom stereocenters. The zero-order chi connectivity index (χ0) is 10.3. The number of fused-ring (bicyclic) bond motifs is 1. The van der Waals surface area contributed by atoms with Gasteiger partial charge in [0.15, 0.2) is 0 Å². The first-order valence-corrected chi connectivity index (χ1v) is 5.52. The number of hydrogen-bond donors (Lipinski definition) is 0. The molecule has 2 nitrogen and oxygen atoms in total. The van der Waals surface area contributed by atoms with Crippen molar-refractivity contribution in [3.05, 3.63) is 28.2 Å². The molecular formula is C11H12BrNO. The molecule has 0 aromatic heterocycles. The van der Waals surface area contributed by atoms with Gasteiger partial charge in [-0.15, -0.1) is 0 Å². The number of rotatable bonds is 1. The predicted octanol–water partition coefficient (Wildman–Crippen LogP) is 2.92. The minimum Gasteiger partial charge on any atom is -0.315 e. The standard InChI is InChI=1S/C11H12BrNO/c1-3-7-10-8(12)5-4-6-9(10)13(2)11(7)14/h4-7H,3H2,1-2H3. The highest BCUT2D eigenvalue weighted by molar-refractivity contribution is 9.10. The van der Waals surface area contributed by atoms with Crippen LogP contribution in [0.15, 0.2) is 22.7 Å². The molecule has 1 amide bonds.